The molecule has 136 valence electrons. The van der Waals surface area contributed by atoms with E-state index in [1.54, 1.807) is 6.92 Å². The Morgan fingerprint density at radius 1 is 1.31 bits per heavy atom. The second kappa shape index (κ2) is 7.38. The predicted octanol–water partition coefficient (Wildman–Crippen LogP) is 2.33. The molecule has 2 heterocycles. The van der Waals surface area contributed by atoms with Gasteiger partial charge in [-0.1, -0.05) is 38.1 Å². The summed E-state index contributed by atoms with van der Waals surface area (Å²) >= 11 is 0. The summed E-state index contributed by atoms with van der Waals surface area (Å²) in [4.78, 5) is 32.4. The fraction of sp³-hybridized carbons (Fsp3) is 0.333. The number of rotatable bonds is 6. The summed E-state index contributed by atoms with van der Waals surface area (Å²) in [5.74, 6) is 0.358. The largest absolute Gasteiger partial charge is 0.462 e. The van der Waals surface area contributed by atoms with Crippen LogP contribution in [0, 0.1) is 0 Å². The number of fused-ring (bicyclic) bond motifs is 1. The number of hydrogen-bond donors (Lipinski definition) is 2. The number of hydrogen-bond acceptors (Lipinski definition) is 6. The van der Waals surface area contributed by atoms with Crippen molar-refractivity contribution in [2.24, 2.45) is 0 Å². The Balaban J connectivity index is 1.78. The lowest BCUT2D eigenvalue weighted by Gasteiger charge is -2.07. The van der Waals surface area contributed by atoms with Gasteiger partial charge in [0.15, 0.2) is 0 Å². The van der Waals surface area contributed by atoms with Gasteiger partial charge >= 0.3 is 5.97 Å². The third-order valence-corrected chi connectivity index (χ3v) is 3.97. The Morgan fingerprint density at radius 3 is 2.69 bits per heavy atom. The van der Waals surface area contributed by atoms with Crippen LogP contribution in [0.1, 0.15) is 48.2 Å². The Hall–Kier alpha value is -3.16. The molecule has 0 saturated carbocycles. The molecule has 0 radical (unpaired) electrons. The monoisotopic (exact) mass is 355 g/mol. The Kier molecular flexibility index (Phi) is 5.01. The van der Waals surface area contributed by atoms with Crippen LogP contribution in [-0.4, -0.2) is 32.2 Å². The first kappa shape index (κ1) is 17.7. The van der Waals surface area contributed by atoms with Crippen molar-refractivity contribution >= 4 is 17.7 Å². The molecule has 0 atom stereocenters. The summed E-state index contributed by atoms with van der Waals surface area (Å²) in [6.45, 7) is 6.70. The maximum atomic E-state index is 12.4. The van der Waals surface area contributed by atoms with Crippen molar-refractivity contribution in [3.05, 3.63) is 57.5 Å². The number of carbonyl (C=O) groups is 1. The number of nitrogens with zero attached hydrogens (tertiary/aromatic N) is 3. The zero-order valence-corrected chi connectivity index (χ0v) is 14.9. The fourth-order valence-corrected chi connectivity index (χ4v) is 2.49. The first-order valence-electron chi connectivity index (χ1n) is 8.47. The van der Waals surface area contributed by atoms with Crippen molar-refractivity contribution in [2.45, 2.75) is 33.2 Å². The number of aromatic nitrogens is 4. The Bertz CT molecular complexity index is 973. The van der Waals surface area contributed by atoms with Gasteiger partial charge in [0.25, 0.3) is 11.3 Å². The zero-order valence-electron chi connectivity index (χ0n) is 14.9. The van der Waals surface area contributed by atoms with Crippen molar-refractivity contribution < 1.29 is 9.53 Å². The highest BCUT2D eigenvalue weighted by Gasteiger charge is 2.16. The van der Waals surface area contributed by atoms with E-state index in [0.717, 1.165) is 10.1 Å². The molecule has 0 bridgehead atoms. The summed E-state index contributed by atoms with van der Waals surface area (Å²) in [5.41, 5.74) is 1.68. The summed E-state index contributed by atoms with van der Waals surface area (Å²) in [6, 6.07) is 8.29. The highest BCUT2D eigenvalue weighted by atomic mass is 16.5. The van der Waals surface area contributed by atoms with Gasteiger partial charge in [-0.05, 0) is 24.0 Å². The summed E-state index contributed by atoms with van der Waals surface area (Å²) < 4.78 is 5.98. The number of aromatic amines is 1. The maximum Gasteiger partial charge on any atom is 0.345 e. The second-order valence-electron chi connectivity index (χ2n) is 6.15. The molecule has 3 rings (SSSR count). The van der Waals surface area contributed by atoms with E-state index in [2.05, 4.69) is 46.4 Å². The number of ether oxygens (including phenoxy) is 1. The molecule has 3 aromatic rings. The normalized spacial score (nSPS) is 11.1. The van der Waals surface area contributed by atoms with Gasteiger partial charge in [-0.15, -0.1) is 0 Å². The minimum absolute atomic E-state index is 0.135. The average molecular weight is 355 g/mol. The fourth-order valence-electron chi connectivity index (χ4n) is 2.49. The molecule has 2 N–H and O–H groups in total. The van der Waals surface area contributed by atoms with Gasteiger partial charge in [-0.2, -0.15) is 9.50 Å². The summed E-state index contributed by atoms with van der Waals surface area (Å²) in [7, 11) is 0. The molecule has 0 saturated heterocycles. The smallest absolute Gasteiger partial charge is 0.345 e. The molecule has 0 aliphatic rings. The first-order chi connectivity index (χ1) is 12.5. The molecule has 0 spiro atoms. The lowest BCUT2D eigenvalue weighted by atomic mass is 10.0. The number of benzene rings is 1. The van der Waals surface area contributed by atoms with Crippen LogP contribution in [0.25, 0.3) is 5.78 Å². The quantitative estimate of drug-likeness (QED) is 0.658. The molecule has 26 heavy (non-hydrogen) atoms. The molecule has 0 aliphatic carbocycles. The Morgan fingerprint density at radius 2 is 2.04 bits per heavy atom. The molecule has 0 unspecified atom stereocenters. The number of anilines is 1. The third kappa shape index (κ3) is 3.58. The molecular formula is C18H21N5O3. The van der Waals surface area contributed by atoms with Gasteiger partial charge in [0.05, 0.1) is 12.8 Å². The van der Waals surface area contributed by atoms with Crippen molar-refractivity contribution in [3.63, 3.8) is 0 Å². The standard InChI is InChI=1S/C18H21N5O3/c1-4-26-16(25)14-10-20-18-21-17(22-23(18)15(14)24)19-9-12-5-7-13(8-6-12)11(2)3/h5-8,10-11H,4,9H2,1-3H3,(H2,19,20,21,22). The molecule has 8 nitrogen and oxygen atoms in total. The van der Waals surface area contributed by atoms with E-state index < -0.39 is 11.5 Å². The van der Waals surface area contributed by atoms with Gasteiger partial charge in [0, 0.05) is 6.54 Å². The molecule has 2 aromatic heterocycles. The van der Waals surface area contributed by atoms with Crippen molar-refractivity contribution in [1.29, 1.82) is 0 Å². The highest BCUT2D eigenvalue weighted by Crippen LogP contribution is 2.15. The molecular weight excluding hydrogens is 334 g/mol. The van der Waals surface area contributed by atoms with E-state index in [-0.39, 0.29) is 17.9 Å². The van der Waals surface area contributed by atoms with E-state index in [4.69, 9.17) is 4.74 Å². The highest BCUT2D eigenvalue weighted by molar-refractivity contribution is 5.88. The van der Waals surface area contributed by atoms with Crippen LogP contribution in [0.3, 0.4) is 0 Å². The van der Waals surface area contributed by atoms with E-state index in [9.17, 15) is 9.59 Å². The van der Waals surface area contributed by atoms with Crippen molar-refractivity contribution in [2.75, 3.05) is 11.9 Å². The summed E-state index contributed by atoms with van der Waals surface area (Å²) in [5, 5.41) is 5.93. The Labute approximate surface area is 150 Å². The maximum absolute atomic E-state index is 12.4. The molecule has 0 aliphatic heterocycles. The minimum Gasteiger partial charge on any atom is -0.462 e. The number of H-pyrrole nitrogens is 1. The SMILES string of the molecule is CCOC(=O)c1cnc2nc(NCc3ccc(C(C)C)cc3)[nH]n2c1=O. The van der Waals surface area contributed by atoms with Crippen LogP contribution in [0.15, 0.2) is 35.3 Å². The number of esters is 1. The zero-order chi connectivity index (χ0) is 18.7. The summed E-state index contributed by atoms with van der Waals surface area (Å²) in [6.07, 6.45) is 1.19. The van der Waals surface area contributed by atoms with Gasteiger partial charge in [-0.25, -0.2) is 9.78 Å². The third-order valence-electron chi connectivity index (χ3n) is 3.97. The lowest BCUT2D eigenvalue weighted by Crippen LogP contribution is -2.24. The van der Waals surface area contributed by atoms with Crippen molar-refractivity contribution in [1.82, 2.24) is 19.6 Å². The lowest BCUT2D eigenvalue weighted by molar-refractivity contribution is 0.0523. The van der Waals surface area contributed by atoms with Crippen LogP contribution < -0.4 is 10.9 Å². The minimum atomic E-state index is -0.700. The topological polar surface area (TPSA) is 101 Å². The van der Waals surface area contributed by atoms with Crippen LogP contribution >= 0.6 is 0 Å². The van der Waals surface area contributed by atoms with Gasteiger partial charge in [0.1, 0.15) is 5.56 Å². The molecule has 0 amide bonds. The van der Waals surface area contributed by atoms with Gasteiger partial charge < -0.3 is 10.1 Å². The molecule has 1 aromatic carbocycles. The van der Waals surface area contributed by atoms with Crippen LogP contribution in [-0.2, 0) is 11.3 Å². The average Bonchev–Trinajstić information content (AvgIpc) is 3.05. The van der Waals surface area contributed by atoms with E-state index in [0.29, 0.717) is 18.4 Å². The predicted molar refractivity (Wildman–Crippen MR) is 97.4 cm³/mol. The van der Waals surface area contributed by atoms with Crippen LogP contribution in [0.4, 0.5) is 5.95 Å². The second-order valence-corrected chi connectivity index (χ2v) is 6.15. The van der Waals surface area contributed by atoms with Gasteiger partial charge in [-0.3, -0.25) is 9.89 Å². The van der Waals surface area contributed by atoms with Crippen LogP contribution in [0.5, 0.6) is 0 Å². The number of nitrogens with one attached hydrogen (secondary N) is 2. The number of carbonyl (C=O) groups excluding carboxylic acids is 1. The van der Waals surface area contributed by atoms with E-state index >= 15 is 0 Å². The van der Waals surface area contributed by atoms with Gasteiger partial charge in [0.2, 0.25) is 5.95 Å². The van der Waals surface area contributed by atoms with Crippen LogP contribution in [0.2, 0.25) is 0 Å². The van der Waals surface area contributed by atoms with E-state index in [1.807, 2.05) is 12.1 Å². The van der Waals surface area contributed by atoms with Crippen molar-refractivity contribution in [3.8, 4) is 0 Å². The van der Waals surface area contributed by atoms with E-state index in [1.165, 1.54) is 11.8 Å². The molecule has 8 heteroatoms. The molecule has 0 fully saturated rings. The first-order valence-corrected chi connectivity index (χ1v) is 8.47.